The average Bonchev–Trinajstić information content (AvgIpc) is 2.47. The predicted octanol–water partition coefficient (Wildman–Crippen LogP) is 4.02. The molecule has 2 rings (SSSR count). The summed E-state index contributed by atoms with van der Waals surface area (Å²) in [6.07, 6.45) is 3.30. The van der Waals surface area contributed by atoms with Crippen molar-refractivity contribution in [2.24, 2.45) is 5.92 Å². The number of nitrogens with one attached hydrogen (secondary N) is 1. The number of benzene rings is 1. The zero-order valence-electron chi connectivity index (χ0n) is 11.7. The van der Waals surface area contributed by atoms with Crippen molar-refractivity contribution < 1.29 is 18.0 Å². The van der Waals surface area contributed by atoms with Crippen molar-refractivity contribution in [2.75, 3.05) is 5.88 Å². The second-order valence-electron chi connectivity index (χ2n) is 5.80. The van der Waals surface area contributed by atoms with Crippen molar-refractivity contribution in [2.45, 2.75) is 38.1 Å². The number of carbonyl (C=O) groups is 1. The lowest BCUT2D eigenvalue weighted by Crippen LogP contribution is -2.52. The molecule has 6 heteroatoms. The van der Waals surface area contributed by atoms with Crippen LogP contribution in [0.25, 0.3) is 0 Å². The van der Waals surface area contributed by atoms with Gasteiger partial charge in [-0.2, -0.15) is 0 Å². The molecule has 0 atom stereocenters. The number of rotatable bonds is 3. The minimum atomic E-state index is -1.58. The summed E-state index contributed by atoms with van der Waals surface area (Å²) in [6, 6.07) is 1.39. The molecule has 0 bridgehead atoms. The average molecular weight is 320 g/mol. The molecule has 1 N–H and O–H groups in total. The summed E-state index contributed by atoms with van der Waals surface area (Å²) in [7, 11) is 0. The van der Waals surface area contributed by atoms with Gasteiger partial charge in [-0.05, 0) is 43.7 Å². The first-order valence-electron chi connectivity index (χ1n) is 6.90. The monoisotopic (exact) mass is 319 g/mol. The van der Waals surface area contributed by atoms with Gasteiger partial charge in [0.15, 0.2) is 17.5 Å². The quantitative estimate of drug-likeness (QED) is 0.661. The van der Waals surface area contributed by atoms with Gasteiger partial charge in [-0.3, -0.25) is 4.79 Å². The Hall–Kier alpha value is -1.23. The fourth-order valence-corrected chi connectivity index (χ4v) is 2.94. The molecular weight excluding hydrogens is 303 g/mol. The molecule has 1 saturated carbocycles. The lowest BCUT2D eigenvalue weighted by molar-refractivity contribution is 0.0871. The smallest absolute Gasteiger partial charge is 0.251 e. The Morgan fingerprint density at radius 2 is 1.81 bits per heavy atom. The third-order valence-corrected chi connectivity index (χ3v) is 4.62. The molecule has 1 aliphatic rings. The maximum Gasteiger partial charge on any atom is 0.251 e. The van der Waals surface area contributed by atoms with Crippen molar-refractivity contribution in [1.29, 1.82) is 0 Å². The van der Waals surface area contributed by atoms with E-state index < -0.39 is 28.9 Å². The van der Waals surface area contributed by atoms with Crippen LogP contribution in [0.5, 0.6) is 0 Å². The molecule has 1 fully saturated rings. The Balaban J connectivity index is 2.17. The fraction of sp³-hybridized carbons (Fsp3) is 0.533. The third kappa shape index (κ3) is 3.51. The molecule has 21 heavy (non-hydrogen) atoms. The van der Waals surface area contributed by atoms with E-state index in [1.165, 1.54) is 0 Å². The predicted molar refractivity (Wildman–Crippen MR) is 74.9 cm³/mol. The molecule has 116 valence electrons. The topological polar surface area (TPSA) is 29.1 Å². The highest BCUT2D eigenvalue weighted by Crippen LogP contribution is 2.33. The highest BCUT2D eigenvalue weighted by atomic mass is 35.5. The van der Waals surface area contributed by atoms with E-state index in [0.29, 0.717) is 18.1 Å². The maximum atomic E-state index is 13.2. The van der Waals surface area contributed by atoms with Crippen LogP contribution < -0.4 is 5.32 Å². The fourth-order valence-electron chi connectivity index (χ4n) is 2.61. The molecule has 0 aliphatic heterocycles. The summed E-state index contributed by atoms with van der Waals surface area (Å²) in [5, 5.41) is 2.77. The van der Waals surface area contributed by atoms with E-state index in [9.17, 15) is 18.0 Å². The summed E-state index contributed by atoms with van der Waals surface area (Å²) in [6.45, 7) is 2.13. The van der Waals surface area contributed by atoms with Crippen LogP contribution in [0.15, 0.2) is 12.1 Å². The molecule has 0 spiro atoms. The normalized spacial score (nSPS) is 25.7. The lowest BCUT2D eigenvalue weighted by atomic mass is 9.78. The van der Waals surface area contributed by atoms with Crippen LogP contribution in [0.1, 0.15) is 43.0 Å². The molecule has 1 aromatic rings. The van der Waals surface area contributed by atoms with E-state index in [4.69, 9.17) is 11.6 Å². The van der Waals surface area contributed by atoms with Crippen LogP contribution in [0.4, 0.5) is 13.2 Å². The van der Waals surface area contributed by atoms with Crippen molar-refractivity contribution >= 4 is 17.5 Å². The Morgan fingerprint density at radius 3 is 2.29 bits per heavy atom. The van der Waals surface area contributed by atoms with Gasteiger partial charge in [-0.1, -0.05) is 6.92 Å². The van der Waals surface area contributed by atoms with Crippen molar-refractivity contribution in [3.63, 3.8) is 0 Å². The first kappa shape index (κ1) is 16.1. The Morgan fingerprint density at radius 1 is 1.29 bits per heavy atom. The Kier molecular flexibility index (Phi) is 4.81. The van der Waals surface area contributed by atoms with Crippen molar-refractivity contribution in [1.82, 2.24) is 5.32 Å². The number of hydrogen-bond acceptors (Lipinski definition) is 1. The maximum absolute atomic E-state index is 13.2. The molecule has 0 heterocycles. The van der Waals surface area contributed by atoms with E-state index in [-0.39, 0.29) is 11.4 Å². The van der Waals surface area contributed by atoms with Crippen LogP contribution in [0.3, 0.4) is 0 Å². The van der Waals surface area contributed by atoms with Crippen LogP contribution >= 0.6 is 11.6 Å². The van der Waals surface area contributed by atoms with Gasteiger partial charge < -0.3 is 5.32 Å². The number of halogens is 4. The van der Waals surface area contributed by atoms with Gasteiger partial charge in [0.25, 0.3) is 5.91 Å². The second kappa shape index (κ2) is 6.26. The Labute approximate surface area is 126 Å². The first-order chi connectivity index (χ1) is 9.87. The van der Waals surface area contributed by atoms with E-state index in [2.05, 4.69) is 12.2 Å². The number of hydrogen-bond donors (Lipinski definition) is 1. The van der Waals surface area contributed by atoms with Gasteiger partial charge in [0.1, 0.15) is 0 Å². The number of amides is 1. The molecule has 1 amide bonds. The third-order valence-electron chi connectivity index (χ3n) is 4.11. The second-order valence-corrected chi connectivity index (χ2v) is 6.07. The standard InChI is InChI=1S/C15H17ClF3NO/c1-9-2-4-15(8-16,5-3-9)20-14(21)10-6-11(17)13(19)12(18)7-10/h6-7,9H,2-5,8H2,1H3,(H,20,21). The SMILES string of the molecule is CC1CCC(CCl)(NC(=O)c2cc(F)c(F)c(F)c2)CC1. The zero-order chi connectivity index (χ0) is 15.6. The van der Waals surface area contributed by atoms with Gasteiger partial charge in [0, 0.05) is 11.4 Å². The number of alkyl halides is 1. The Bertz CT molecular complexity index is 519. The summed E-state index contributed by atoms with van der Waals surface area (Å²) < 4.78 is 39.3. The van der Waals surface area contributed by atoms with Gasteiger partial charge >= 0.3 is 0 Å². The minimum Gasteiger partial charge on any atom is -0.345 e. The largest absolute Gasteiger partial charge is 0.345 e. The molecule has 0 radical (unpaired) electrons. The van der Waals surface area contributed by atoms with Crippen molar-refractivity contribution in [3.05, 3.63) is 35.1 Å². The van der Waals surface area contributed by atoms with E-state index in [1.807, 2.05) is 0 Å². The van der Waals surface area contributed by atoms with Crippen LogP contribution in [0.2, 0.25) is 0 Å². The highest BCUT2D eigenvalue weighted by Gasteiger charge is 2.35. The zero-order valence-corrected chi connectivity index (χ0v) is 12.4. The van der Waals surface area contributed by atoms with E-state index in [1.54, 1.807) is 0 Å². The van der Waals surface area contributed by atoms with E-state index >= 15 is 0 Å². The summed E-state index contributed by atoms with van der Waals surface area (Å²) in [5.41, 5.74) is -0.804. The number of carbonyl (C=O) groups excluding carboxylic acids is 1. The molecular formula is C15H17ClF3NO. The van der Waals surface area contributed by atoms with Crippen LogP contribution in [-0.2, 0) is 0 Å². The molecule has 0 unspecified atom stereocenters. The molecule has 2 nitrogen and oxygen atoms in total. The summed E-state index contributed by atoms with van der Waals surface area (Å²) in [4.78, 5) is 12.1. The summed E-state index contributed by atoms with van der Waals surface area (Å²) in [5.74, 6) is -4.17. The van der Waals surface area contributed by atoms with Crippen molar-refractivity contribution in [3.8, 4) is 0 Å². The van der Waals surface area contributed by atoms with Gasteiger partial charge in [0.2, 0.25) is 0 Å². The summed E-state index contributed by atoms with van der Waals surface area (Å²) >= 11 is 5.98. The first-order valence-corrected chi connectivity index (χ1v) is 7.43. The minimum absolute atomic E-state index is 0.234. The van der Waals surface area contributed by atoms with Crippen LogP contribution in [0, 0.1) is 23.4 Å². The van der Waals surface area contributed by atoms with Gasteiger partial charge in [-0.25, -0.2) is 13.2 Å². The molecule has 1 aromatic carbocycles. The molecule has 0 saturated heterocycles. The van der Waals surface area contributed by atoms with Gasteiger partial charge in [0.05, 0.1) is 5.54 Å². The highest BCUT2D eigenvalue weighted by molar-refractivity contribution is 6.19. The van der Waals surface area contributed by atoms with Gasteiger partial charge in [-0.15, -0.1) is 11.6 Å². The molecule has 1 aliphatic carbocycles. The molecule has 0 aromatic heterocycles. The van der Waals surface area contributed by atoms with Crippen LogP contribution in [-0.4, -0.2) is 17.3 Å². The van der Waals surface area contributed by atoms with E-state index in [0.717, 1.165) is 25.7 Å². The lowest BCUT2D eigenvalue weighted by Gasteiger charge is -2.38.